The van der Waals surface area contributed by atoms with Crippen LogP contribution in [-0.2, 0) is 9.59 Å². The van der Waals surface area contributed by atoms with E-state index in [1.165, 1.54) is 0 Å². The lowest BCUT2D eigenvalue weighted by Gasteiger charge is -2.16. The molecule has 0 saturated heterocycles. The van der Waals surface area contributed by atoms with Crippen LogP contribution in [0.3, 0.4) is 0 Å². The number of carbonyl (C=O) groups is 2. The summed E-state index contributed by atoms with van der Waals surface area (Å²) in [5.74, 6) is -6.25. The van der Waals surface area contributed by atoms with Crippen molar-refractivity contribution < 1.29 is 36.6 Å². The van der Waals surface area contributed by atoms with E-state index in [9.17, 15) is 31.5 Å². The van der Waals surface area contributed by atoms with E-state index in [1.54, 1.807) is 5.32 Å². The molecule has 9 heteroatoms. The van der Waals surface area contributed by atoms with Gasteiger partial charge < -0.3 is 10.4 Å². The third kappa shape index (κ3) is 4.17. The number of alkyl halides is 3. The number of carboxylic acid groups (broad SMARTS) is 1. The zero-order chi connectivity index (χ0) is 17.4. The average Bonchev–Trinajstić information content (AvgIpc) is 3.16. The van der Waals surface area contributed by atoms with Crippen molar-refractivity contribution in [2.45, 2.75) is 31.0 Å². The standard InChI is InChI=1S/C14H12F5NO3/c15-8-2-1-3-9(16)11(8)6-4-7(6)12(21)20-10(13(22)23)5-14(17,18)19/h1-3,6-7,10H,4-5H2,(H,20,21)(H,22,23). The van der Waals surface area contributed by atoms with Crippen LogP contribution in [0.1, 0.15) is 24.3 Å². The molecule has 0 aliphatic heterocycles. The second-order valence-corrected chi connectivity index (χ2v) is 5.30. The number of benzene rings is 1. The van der Waals surface area contributed by atoms with Gasteiger partial charge in [-0.2, -0.15) is 13.2 Å². The third-order valence-electron chi connectivity index (χ3n) is 3.55. The summed E-state index contributed by atoms with van der Waals surface area (Å²) in [6.45, 7) is 0. The number of carboxylic acids is 1. The maximum Gasteiger partial charge on any atom is 0.391 e. The summed E-state index contributed by atoms with van der Waals surface area (Å²) in [6, 6.07) is 1.04. The van der Waals surface area contributed by atoms with Crippen molar-refractivity contribution in [1.82, 2.24) is 5.32 Å². The average molecular weight is 337 g/mol. The van der Waals surface area contributed by atoms with Crippen LogP contribution in [0, 0.1) is 17.6 Å². The van der Waals surface area contributed by atoms with Crippen LogP contribution in [0.2, 0.25) is 0 Å². The third-order valence-corrected chi connectivity index (χ3v) is 3.55. The predicted molar refractivity (Wildman–Crippen MR) is 67.4 cm³/mol. The topological polar surface area (TPSA) is 66.4 Å². The number of amides is 1. The molecule has 1 amide bonds. The smallest absolute Gasteiger partial charge is 0.391 e. The van der Waals surface area contributed by atoms with Gasteiger partial charge in [-0.3, -0.25) is 4.79 Å². The first-order valence-electron chi connectivity index (χ1n) is 6.64. The molecular weight excluding hydrogens is 325 g/mol. The Morgan fingerprint density at radius 1 is 1.26 bits per heavy atom. The van der Waals surface area contributed by atoms with E-state index < -0.39 is 54.0 Å². The quantitative estimate of drug-likeness (QED) is 0.812. The van der Waals surface area contributed by atoms with Gasteiger partial charge in [-0.15, -0.1) is 0 Å². The Kier molecular flexibility index (Phi) is 4.58. The van der Waals surface area contributed by atoms with Gasteiger partial charge in [0.25, 0.3) is 0 Å². The molecular formula is C14H12F5NO3. The van der Waals surface area contributed by atoms with Crippen LogP contribution in [0.15, 0.2) is 18.2 Å². The number of hydrogen-bond acceptors (Lipinski definition) is 2. The number of aliphatic carboxylic acids is 1. The Hall–Kier alpha value is -2.19. The first kappa shape index (κ1) is 17.2. The van der Waals surface area contributed by atoms with Gasteiger partial charge in [-0.1, -0.05) is 6.07 Å². The van der Waals surface area contributed by atoms with E-state index in [0.717, 1.165) is 18.2 Å². The lowest BCUT2D eigenvalue weighted by Crippen LogP contribution is -2.44. The maximum absolute atomic E-state index is 13.6. The van der Waals surface area contributed by atoms with Gasteiger partial charge in [0.15, 0.2) is 0 Å². The van der Waals surface area contributed by atoms with Crippen molar-refractivity contribution >= 4 is 11.9 Å². The summed E-state index contributed by atoms with van der Waals surface area (Å²) >= 11 is 0. The minimum absolute atomic E-state index is 0.0437. The molecule has 23 heavy (non-hydrogen) atoms. The highest BCUT2D eigenvalue weighted by atomic mass is 19.4. The molecule has 126 valence electrons. The van der Waals surface area contributed by atoms with Crippen LogP contribution in [-0.4, -0.2) is 29.2 Å². The largest absolute Gasteiger partial charge is 0.480 e. The summed E-state index contributed by atoms with van der Waals surface area (Å²) in [5.41, 5.74) is -0.310. The minimum atomic E-state index is -4.77. The second-order valence-electron chi connectivity index (χ2n) is 5.30. The monoisotopic (exact) mass is 337 g/mol. The molecule has 2 N–H and O–H groups in total. The molecule has 2 rings (SSSR count). The molecule has 3 atom stereocenters. The number of rotatable bonds is 5. The lowest BCUT2D eigenvalue weighted by atomic mass is 10.1. The molecule has 1 aromatic carbocycles. The van der Waals surface area contributed by atoms with Crippen LogP contribution in [0.4, 0.5) is 22.0 Å². The molecule has 0 bridgehead atoms. The highest BCUT2D eigenvalue weighted by molar-refractivity contribution is 5.87. The Labute approximate surface area is 127 Å². The van der Waals surface area contributed by atoms with Crippen molar-refractivity contribution in [3.05, 3.63) is 35.4 Å². The van der Waals surface area contributed by atoms with Crippen LogP contribution in [0.25, 0.3) is 0 Å². The molecule has 1 aliphatic rings. The number of nitrogens with one attached hydrogen (secondary N) is 1. The van der Waals surface area contributed by atoms with Gasteiger partial charge >= 0.3 is 12.1 Å². The Bertz CT molecular complexity index is 611. The van der Waals surface area contributed by atoms with E-state index in [4.69, 9.17) is 5.11 Å². The molecule has 0 radical (unpaired) electrons. The van der Waals surface area contributed by atoms with Gasteiger partial charge in [0.05, 0.1) is 6.42 Å². The SMILES string of the molecule is O=C(O)C(CC(F)(F)F)NC(=O)C1CC1c1c(F)cccc1F. The molecule has 1 aromatic rings. The molecule has 1 saturated carbocycles. The fourth-order valence-corrected chi connectivity index (χ4v) is 2.38. The van der Waals surface area contributed by atoms with E-state index in [0.29, 0.717) is 0 Å². The molecule has 0 aromatic heterocycles. The molecule has 0 spiro atoms. The fourth-order valence-electron chi connectivity index (χ4n) is 2.38. The van der Waals surface area contributed by atoms with Crippen LogP contribution >= 0.6 is 0 Å². The molecule has 1 fully saturated rings. The lowest BCUT2D eigenvalue weighted by molar-refractivity contribution is -0.160. The van der Waals surface area contributed by atoms with Crippen LogP contribution in [0.5, 0.6) is 0 Å². The maximum atomic E-state index is 13.6. The van der Waals surface area contributed by atoms with E-state index in [1.807, 2.05) is 0 Å². The molecule has 4 nitrogen and oxygen atoms in total. The first-order valence-corrected chi connectivity index (χ1v) is 6.64. The summed E-state index contributed by atoms with van der Waals surface area (Å²) < 4.78 is 64.0. The van der Waals surface area contributed by atoms with Gasteiger partial charge in [0.2, 0.25) is 5.91 Å². The number of hydrogen-bond donors (Lipinski definition) is 2. The van der Waals surface area contributed by atoms with Gasteiger partial charge in [-0.05, 0) is 18.6 Å². The highest BCUT2D eigenvalue weighted by Gasteiger charge is 2.48. The summed E-state index contributed by atoms with van der Waals surface area (Å²) in [6.07, 6.45) is -6.45. The zero-order valence-electron chi connectivity index (χ0n) is 11.5. The van der Waals surface area contributed by atoms with Crippen molar-refractivity contribution in [3.63, 3.8) is 0 Å². The van der Waals surface area contributed by atoms with Crippen molar-refractivity contribution in [2.75, 3.05) is 0 Å². The van der Waals surface area contributed by atoms with Crippen molar-refractivity contribution in [2.24, 2.45) is 5.92 Å². The number of halogens is 5. The zero-order valence-corrected chi connectivity index (χ0v) is 11.5. The molecule has 1 aliphatic carbocycles. The van der Waals surface area contributed by atoms with Gasteiger partial charge in [-0.25, -0.2) is 13.6 Å². The first-order chi connectivity index (χ1) is 10.6. The molecule has 3 unspecified atom stereocenters. The van der Waals surface area contributed by atoms with Crippen LogP contribution < -0.4 is 5.32 Å². The minimum Gasteiger partial charge on any atom is -0.480 e. The Morgan fingerprint density at radius 2 is 1.83 bits per heavy atom. The highest BCUT2D eigenvalue weighted by Crippen LogP contribution is 2.49. The van der Waals surface area contributed by atoms with Crippen molar-refractivity contribution in [3.8, 4) is 0 Å². The predicted octanol–water partition coefficient (Wildman–Crippen LogP) is 2.59. The van der Waals surface area contributed by atoms with E-state index >= 15 is 0 Å². The Balaban J connectivity index is 2.04. The molecule has 0 heterocycles. The van der Waals surface area contributed by atoms with Gasteiger partial charge in [0, 0.05) is 17.4 Å². The number of carbonyl (C=O) groups excluding carboxylic acids is 1. The summed E-state index contributed by atoms with van der Waals surface area (Å²) in [5, 5.41) is 10.5. The van der Waals surface area contributed by atoms with E-state index in [-0.39, 0.29) is 12.0 Å². The van der Waals surface area contributed by atoms with Gasteiger partial charge in [0.1, 0.15) is 17.7 Å². The van der Waals surface area contributed by atoms with Crippen molar-refractivity contribution in [1.29, 1.82) is 0 Å². The fraction of sp³-hybridized carbons (Fsp3) is 0.429. The Morgan fingerprint density at radius 3 is 2.30 bits per heavy atom. The second kappa shape index (κ2) is 6.13. The summed E-state index contributed by atoms with van der Waals surface area (Å²) in [7, 11) is 0. The normalized spacial score (nSPS) is 21.6. The van der Waals surface area contributed by atoms with E-state index in [2.05, 4.69) is 0 Å². The summed E-state index contributed by atoms with van der Waals surface area (Å²) in [4.78, 5) is 22.6.